The van der Waals surface area contributed by atoms with Gasteiger partial charge < -0.3 is 15.8 Å². The lowest BCUT2D eigenvalue weighted by Crippen LogP contribution is -2.25. The monoisotopic (exact) mass is 264 g/mol. The highest BCUT2D eigenvalue weighted by Crippen LogP contribution is 2.05. The van der Waals surface area contributed by atoms with E-state index in [0.717, 1.165) is 5.56 Å². The summed E-state index contributed by atoms with van der Waals surface area (Å²) < 4.78 is 4.61. The molecule has 19 heavy (non-hydrogen) atoms. The Morgan fingerprint density at radius 1 is 1.32 bits per heavy atom. The van der Waals surface area contributed by atoms with Crippen molar-refractivity contribution >= 4 is 11.9 Å². The second-order valence-corrected chi connectivity index (χ2v) is 4.48. The fourth-order valence-corrected chi connectivity index (χ4v) is 1.52. The van der Waals surface area contributed by atoms with Crippen molar-refractivity contribution in [3.63, 3.8) is 0 Å². The van der Waals surface area contributed by atoms with E-state index in [1.165, 1.54) is 7.11 Å². The summed E-state index contributed by atoms with van der Waals surface area (Å²) in [6.45, 7) is 2.32. The van der Waals surface area contributed by atoms with E-state index >= 15 is 0 Å². The molecule has 3 N–H and O–H groups in total. The van der Waals surface area contributed by atoms with Gasteiger partial charge in [-0.1, -0.05) is 12.1 Å². The zero-order valence-corrected chi connectivity index (χ0v) is 11.3. The molecular weight excluding hydrogens is 244 g/mol. The van der Waals surface area contributed by atoms with Gasteiger partial charge in [0, 0.05) is 19.0 Å². The van der Waals surface area contributed by atoms with Crippen LogP contribution in [0.3, 0.4) is 0 Å². The summed E-state index contributed by atoms with van der Waals surface area (Å²) in [6, 6.07) is 6.96. The van der Waals surface area contributed by atoms with Gasteiger partial charge in [-0.25, -0.2) is 4.79 Å². The molecule has 1 atom stereocenters. The number of nitrogens with one attached hydrogen (secondary N) is 1. The number of carbonyl (C=O) groups is 2. The van der Waals surface area contributed by atoms with E-state index in [1.54, 1.807) is 24.3 Å². The van der Waals surface area contributed by atoms with Crippen LogP contribution in [0.1, 0.15) is 35.7 Å². The van der Waals surface area contributed by atoms with E-state index in [1.807, 2.05) is 6.92 Å². The van der Waals surface area contributed by atoms with Gasteiger partial charge in [0.2, 0.25) is 5.91 Å². The van der Waals surface area contributed by atoms with Gasteiger partial charge in [-0.15, -0.1) is 0 Å². The van der Waals surface area contributed by atoms with Crippen molar-refractivity contribution in [3.8, 4) is 0 Å². The third kappa shape index (κ3) is 5.52. The van der Waals surface area contributed by atoms with E-state index < -0.39 is 0 Å². The molecular formula is C14H20N2O3. The number of hydrogen-bond acceptors (Lipinski definition) is 4. The Hall–Kier alpha value is -1.88. The van der Waals surface area contributed by atoms with Crippen molar-refractivity contribution in [2.24, 2.45) is 5.73 Å². The molecule has 1 rings (SSSR count). The first kappa shape index (κ1) is 15.2. The quantitative estimate of drug-likeness (QED) is 0.757. The molecule has 0 radical (unpaired) electrons. The van der Waals surface area contributed by atoms with Crippen LogP contribution in [-0.4, -0.2) is 25.0 Å². The van der Waals surface area contributed by atoms with E-state index in [0.29, 0.717) is 24.9 Å². The molecule has 0 spiro atoms. The molecule has 5 heteroatoms. The number of ether oxygens (including phenoxy) is 1. The van der Waals surface area contributed by atoms with E-state index in [-0.39, 0.29) is 17.9 Å². The van der Waals surface area contributed by atoms with Gasteiger partial charge in [0.1, 0.15) is 0 Å². The minimum Gasteiger partial charge on any atom is -0.465 e. The van der Waals surface area contributed by atoms with Gasteiger partial charge in [-0.2, -0.15) is 0 Å². The molecule has 1 aromatic rings. The lowest BCUT2D eigenvalue weighted by atomic mass is 10.1. The number of amides is 1. The first-order valence-corrected chi connectivity index (χ1v) is 6.22. The number of nitrogens with two attached hydrogens (primary N) is 1. The van der Waals surface area contributed by atoms with Gasteiger partial charge in [-0.05, 0) is 31.0 Å². The minimum atomic E-state index is -0.368. The van der Waals surface area contributed by atoms with Gasteiger partial charge in [0.05, 0.1) is 12.7 Å². The topological polar surface area (TPSA) is 81.4 Å². The molecule has 0 saturated carbocycles. The number of benzene rings is 1. The van der Waals surface area contributed by atoms with Crippen LogP contribution in [0.2, 0.25) is 0 Å². The third-order valence-corrected chi connectivity index (χ3v) is 2.69. The Morgan fingerprint density at radius 2 is 1.95 bits per heavy atom. The highest BCUT2D eigenvalue weighted by atomic mass is 16.5. The summed E-state index contributed by atoms with van der Waals surface area (Å²) in [5.74, 6) is -0.387. The smallest absolute Gasteiger partial charge is 0.337 e. The van der Waals surface area contributed by atoms with Crippen LogP contribution in [0, 0.1) is 0 Å². The minimum absolute atomic E-state index is 0.0191. The molecule has 5 nitrogen and oxygen atoms in total. The molecule has 0 fully saturated rings. The first-order chi connectivity index (χ1) is 9.02. The molecule has 0 aliphatic rings. The van der Waals surface area contributed by atoms with Gasteiger partial charge >= 0.3 is 5.97 Å². The SMILES string of the molecule is COC(=O)c1ccc(CNC(=O)CCC(C)N)cc1. The molecule has 1 amide bonds. The number of esters is 1. The Labute approximate surface area is 113 Å². The van der Waals surface area contributed by atoms with Crippen LogP contribution in [-0.2, 0) is 16.1 Å². The Balaban J connectivity index is 2.41. The van der Waals surface area contributed by atoms with Crippen LogP contribution in [0.25, 0.3) is 0 Å². The molecule has 0 aliphatic carbocycles. The predicted molar refractivity (Wildman–Crippen MR) is 72.5 cm³/mol. The summed E-state index contributed by atoms with van der Waals surface area (Å²) in [4.78, 5) is 22.7. The molecule has 1 unspecified atom stereocenters. The highest BCUT2D eigenvalue weighted by Gasteiger charge is 2.06. The van der Waals surface area contributed by atoms with Crippen LogP contribution in [0.4, 0.5) is 0 Å². The zero-order chi connectivity index (χ0) is 14.3. The summed E-state index contributed by atoms with van der Waals surface area (Å²) in [7, 11) is 1.34. The Bertz CT molecular complexity index is 427. The second kappa shape index (κ2) is 7.53. The highest BCUT2D eigenvalue weighted by molar-refractivity contribution is 5.89. The molecule has 104 valence electrons. The Kier molecular flexibility index (Phi) is 6.02. The fraction of sp³-hybridized carbons (Fsp3) is 0.429. The van der Waals surface area contributed by atoms with Crippen molar-refractivity contribution in [2.45, 2.75) is 32.4 Å². The van der Waals surface area contributed by atoms with Crippen molar-refractivity contribution in [1.82, 2.24) is 5.32 Å². The van der Waals surface area contributed by atoms with E-state index in [2.05, 4.69) is 10.1 Å². The predicted octanol–water partition coefficient (Wildman–Crippen LogP) is 1.22. The summed E-state index contributed by atoms with van der Waals surface area (Å²) in [5, 5.41) is 2.81. The van der Waals surface area contributed by atoms with E-state index in [9.17, 15) is 9.59 Å². The first-order valence-electron chi connectivity index (χ1n) is 6.22. The summed E-state index contributed by atoms with van der Waals surface area (Å²) in [6.07, 6.45) is 1.10. The average Bonchev–Trinajstić information content (AvgIpc) is 2.42. The lowest BCUT2D eigenvalue weighted by molar-refractivity contribution is -0.121. The largest absolute Gasteiger partial charge is 0.465 e. The fourth-order valence-electron chi connectivity index (χ4n) is 1.52. The van der Waals surface area contributed by atoms with Crippen molar-refractivity contribution < 1.29 is 14.3 Å². The molecule has 1 aromatic carbocycles. The number of carbonyl (C=O) groups excluding carboxylic acids is 2. The normalized spacial score (nSPS) is 11.7. The van der Waals surface area contributed by atoms with Crippen molar-refractivity contribution in [3.05, 3.63) is 35.4 Å². The van der Waals surface area contributed by atoms with Crippen molar-refractivity contribution in [1.29, 1.82) is 0 Å². The van der Waals surface area contributed by atoms with Gasteiger partial charge in [0.15, 0.2) is 0 Å². The molecule has 0 aliphatic heterocycles. The van der Waals surface area contributed by atoms with Crippen LogP contribution >= 0.6 is 0 Å². The number of rotatable bonds is 6. The average molecular weight is 264 g/mol. The van der Waals surface area contributed by atoms with Gasteiger partial charge in [0.25, 0.3) is 0 Å². The number of methoxy groups -OCH3 is 1. The molecule has 0 aromatic heterocycles. The maximum atomic E-state index is 11.5. The van der Waals surface area contributed by atoms with Crippen molar-refractivity contribution in [2.75, 3.05) is 7.11 Å². The Morgan fingerprint density at radius 3 is 2.47 bits per heavy atom. The summed E-state index contributed by atoms with van der Waals surface area (Å²) in [5.41, 5.74) is 7.01. The third-order valence-electron chi connectivity index (χ3n) is 2.69. The van der Waals surface area contributed by atoms with Crippen LogP contribution < -0.4 is 11.1 Å². The molecule has 0 heterocycles. The lowest BCUT2D eigenvalue weighted by Gasteiger charge is -2.07. The number of hydrogen-bond donors (Lipinski definition) is 2. The standard InChI is InChI=1S/C14H20N2O3/c1-10(15)3-8-13(17)16-9-11-4-6-12(7-5-11)14(18)19-2/h4-7,10H,3,8-9,15H2,1-2H3,(H,16,17). The summed E-state index contributed by atoms with van der Waals surface area (Å²) >= 11 is 0. The van der Waals surface area contributed by atoms with Crippen LogP contribution in [0.5, 0.6) is 0 Å². The molecule has 0 bridgehead atoms. The van der Waals surface area contributed by atoms with Crippen LogP contribution in [0.15, 0.2) is 24.3 Å². The van der Waals surface area contributed by atoms with E-state index in [4.69, 9.17) is 5.73 Å². The second-order valence-electron chi connectivity index (χ2n) is 4.48. The maximum Gasteiger partial charge on any atom is 0.337 e. The molecule has 0 saturated heterocycles. The zero-order valence-electron chi connectivity index (χ0n) is 11.3. The maximum absolute atomic E-state index is 11.5. The van der Waals surface area contributed by atoms with Gasteiger partial charge in [-0.3, -0.25) is 4.79 Å².